The van der Waals surface area contributed by atoms with E-state index in [1.54, 1.807) is 11.3 Å². The van der Waals surface area contributed by atoms with Gasteiger partial charge < -0.3 is 5.32 Å². The Hall–Kier alpha value is -0.410. The van der Waals surface area contributed by atoms with Crippen LogP contribution in [0.3, 0.4) is 0 Å². The molecule has 0 fully saturated rings. The Morgan fingerprint density at radius 2 is 2.06 bits per heavy atom. The van der Waals surface area contributed by atoms with Crippen molar-refractivity contribution in [1.29, 1.82) is 0 Å². The highest BCUT2D eigenvalue weighted by Gasteiger charge is 2.03. The molecule has 0 amide bonds. The minimum Gasteiger partial charge on any atom is -0.309 e. The molecule has 2 nitrogen and oxygen atoms in total. The molecule has 1 aromatic heterocycles. The maximum atomic E-state index is 4.46. The van der Waals surface area contributed by atoms with E-state index in [-0.39, 0.29) is 0 Å². The quantitative estimate of drug-likeness (QED) is 0.665. The molecule has 17 heavy (non-hydrogen) atoms. The van der Waals surface area contributed by atoms with Crippen LogP contribution in [0.15, 0.2) is 5.38 Å². The normalized spacial score (nSPS) is 12.9. The fourth-order valence-corrected chi connectivity index (χ4v) is 2.54. The molecule has 1 aromatic rings. The Morgan fingerprint density at radius 3 is 2.71 bits per heavy atom. The number of unbranched alkanes of at least 4 members (excludes halogenated alkanes) is 4. The van der Waals surface area contributed by atoms with E-state index >= 15 is 0 Å². The average Bonchev–Trinajstić information content (AvgIpc) is 2.72. The van der Waals surface area contributed by atoms with Crippen LogP contribution in [-0.4, -0.2) is 11.0 Å². The fourth-order valence-electron chi connectivity index (χ4n) is 1.92. The van der Waals surface area contributed by atoms with Crippen LogP contribution in [0.5, 0.6) is 0 Å². The lowest BCUT2D eigenvalue weighted by molar-refractivity contribution is 0.477. The number of hydrogen-bond donors (Lipinski definition) is 1. The van der Waals surface area contributed by atoms with Crippen molar-refractivity contribution in [3.8, 4) is 0 Å². The summed E-state index contributed by atoms with van der Waals surface area (Å²) in [4.78, 5) is 4.46. The average molecular weight is 254 g/mol. The Kier molecular flexibility index (Phi) is 7.45. The summed E-state index contributed by atoms with van der Waals surface area (Å²) in [5.74, 6) is 0. The van der Waals surface area contributed by atoms with Gasteiger partial charge in [-0.15, -0.1) is 11.3 Å². The molecular formula is C14H26N2S. The Morgan fingerprint density at radius 1 is 1.29 bits per heavy atom. The van der Waals surface area contributed by atoms with Gasteiger partial charge in [-0.05, 0) is 20.3 Å². The summed E-state index contributed by atoms with van der Waals surface area (Å²) in [6, 6.07) is 0.610. The van der Waals surface area contributed by atoms with Crippen LogP contribution < -0.4 is 5.32 Å². The third-order valence-corrected chi connectivity index (χ3v) is 3.86. The van der Waals surface area contributed by atoms with Gasteiger partial charge in [0.05, 0.1) is 10.7 Å². The van der Waals surface area contributed by atoms with Crippen LogP contribution in [0.25, 0.3) is 0 Å². The standard InChI is InChI=1S/C14H26N2S/c1-4-5-6-7-8-9-12(2)15-10-14-11-17-13(3)16-14/h11-12,15H,4-10H2,1-3H3. The first kappa shape index (κ1) is 14.7. The van der Waals surface area contributed by atoms with E-state index in [4.69, 9.17) is 0 Å². The van der Waals surface area contributed by atoms with E-state index in [0.717, 1.165) is 11.6 Å². The zero-order valence-electron chi connectivity index (χ0n) is 11.5. The van der Waals surface area contributed by atoms with Gasteiger partial charge in [-0.3, -0.25) is 0 Å². The molecule has 0 radical (unpaired) electrons. The van der Waals surface area contributed by atoms with Crippen LogP contribution in [0.2, 0.25) is 0 Å². The maximum absolute atomic E-state index is 4.46. The zero-order chi connectivity index (χ0) is 12.5. The molecule has 1 unspecified atom stereocenters. The third kappa shape index (κ3) is 6.79. The van der Waals surface area contributed by atoms with Crippen LogP contribution in [0, 0.1) is 6.92 Å². The lowest BCUT2D eigenvalue weighted by Gasteiger charge is -2.12. The topological polar surface area (TPSA) is 24.9 Å². The van der Waals surface area contributed by atoms with Crippen molar-refractivity contribution in [2.75, 3.05) is 0 Å². The molecule has 0 saturated carbocycles. The lowest BCUT2D eigenvalue weighted by Crippen LogP contribution is -2.25. The SMILES string of the molecule is CCCCCCCC(C)NCc1csc(C)n1. The predicted molar refractivity (Wildman–Crippen MR) is 76.5 cm³/mol. The van der Waals surface area contributed by atoms with E-state index in [0.29, 0.717) is 6.04 Å². The van der Waals surface area contributed by atoms with Crippen molar-refractivity contribution >= 4 is 11.3 Å². The van der Waals surface area contributed by atoms with Gasteiger partial charge in [0.1, 0.15) is 0 Å². The van der Waals surface area contributed by atoms with Crippen molar-refractivity contribution in [3.05, 3.63) is 16.1 Å². The summed E-state index contributed by atoms with van der Waals surface area (Å²) >= 11 is 1.73. The van der Waals surface area contributed by atoms with Gasteiger partial charge in [0, 0.05) is 18.0 Å². The highest BCUT2D eigenvalue weighted by atomic mass is 32.1. The number of rotatable bonds is 9. The molecule has 1 N–H and O–H groups in total. The van der Waals surface area contributed by atoms with E-state index < -0.39 is 0 Å². The molecule has 0 aliphatic heterocycles. The van der Waals surface area contributed by atoms with Gasteiger partial charge in [0.2, 0.25) is 0 Å². The third-order valence-electron chi connectivity index (χ3n) is 3.04. The van der Waals surface area contributed by atoms with Crippen molar-refractivity contribution in [2.24, 2.45) is 0 Å². The van der Waals surface area contributed by atoms with Gasteiger partial charge in [-0.2, -0.15) is 0 Å². The molecule has 0 saturated heterocycles. The summed E-state index contributed by atoms with van der Waals surface area (Å²) in [5, 5.41) is 6.86. The minimum atomic E-state index is 0.610. The number of aromatic nitrogens is 1. The molecule has 0 spiro atoms. The summed E-state index contributed by atoms with van der Waals surface area (Å²) < 4.78 is 0. The summed E-state index contributed by atoms with van der Waals surface area (Å²) in [6.07, 6.45) is 8.14. The molecular weight excluding hydrogens is 228 g/mol. The van der Waals surface area contributed by atoms with Crippen LogP contribution in [0.4, 0.5) is 0 Å². The van der Waals surface area contributed by atoms with Crippen LogP contribution >= 0.6 is 11.3 Å². The van der Waals surface area contributed by atoms with Crippen LogP contribution in [0.1, 0.15) is 63.1 Å². The summed E-state index contributed by atoms with van der Waals surface area (Å²) in [5.41, 5.74) is 1.19. The molecule has 0 aliphatic carbocycles. The molecule has 0 aromatic carbocycles. The predicted octanol–water partition coefficient (Wildman–Crippen LogP) is 4.29. The van der Waals surface area contributed by atoms with E-state index in [2.05, 4.69) is 36.5 Å². The largest absolute Gasteiger partial charge is 0.309 e. The van der Waals surface area contributed by atoms with E-state index in [1.807, 2.05) is 0 Å². The number of nitrogens with one attached hydrogen (secondary N) is 1. The number of hydrogen-bond acceptors (Lipinski definition) is 3. The second kappa shape index (κ2) is 8.65. The van der Waals surface area contributed by atoms with Crippen molar-refractivity contribution in [2.45, 2.75) is 71.9 Å². The van der Waals surface area contributed by atoms with Crippen molar-refractivity contribution in [1.82, 2.24) is 10.3 Å². The Balaban J connectivity index is 2.03. The van der Waals surface area contributed by atoms with Crippen molar-refractivity contribution < 1.29 is 0 Å². The van der Waals surface area contributed by atoms with E-state index in [9.17, 15) is 0 Å². The molecule has 1 atom stereocenters. The minimum absolute atomic E-state index is 0.610. The first-order valence-electron chi connectivity index (χ1n) is 6.86. The monoisotopic (exact) mass is 254 g/mol. The maximum Gasteiger partial charge on any atom is 0.0897 e. The van der Waals surface area contributed by atoms with Gasteiger partial charge in [0.25, 0.3) is 0 Å². The van der Waals surface area contributed by atoms with Crippen LogP contribution in [-0.2, 0) is 6.54 Å². The molecule has 98 valence electrons. The number of aryl methyl sites for hydroxylation is 1. The second-order valence-corrected chi connectivity index (χ2v) is 5.90. The highest BCUT2D eigenvalue weighted by Crippen LogP contribution is 2.09. The molecule has 1 rings (SSSR count). The Bertz CT molecular complexity index is 296. The van der Waals surface area contributed by atoms with E-state index in [1.165, 1.54) is 44.2 Å². The molecule has 3 heteroatoms. The highest BCUT2D eigenvalue weighted by molar-refractivity contribution is 7.09. The van der Waals surface area contributed by atoms with Gasteiger partial charge >= 0.3 is 0 Å². The molecule has 1 heterocycles. The second-order valence-electron chi connectivity index (χ2n) is 4.84. The van der Waals surface area contributed by atoms with Gasteiger partial charge in [0.15, 0.2) is 0 Å². The first-order chi connectivity index (χ1) is 8.22. The van der Waals surface area contributed by atoms with Gasteiger partial charge in [-0.25, -0.2) is 4.98 Å². The molecule has 0 bridgehead atoms. The van der Waals surface area contributed by atoms with Gasteiger partial charge in [-0.1, -0.05) is 39.0 Å². The number of thiazole rings is 1. The summed E-state index contributed by atoms with van der Waals surface area (Å²) in [6.45, 7) is 7.52. The zero-order valence-corrected chi connectivity index (χ0v) is 12.3. The summed E-state index contributed by atoms with van der Waals surface area (Å²) in [7, 11) is 0. The Labute approximate surface area is 110 Å². The molecule has 0 aliphatic rings. The number of nitrogens with zero attached hydrogens (tertiary/aromatic N) is 1. The fraction of sp³-hybridized carbons (Fsp3) is 0.786. The lowest BCUT2D eigenvalue weighted by atomic mass is 10.1. The smallest absolute Gasteiger partial charge is 0.0897 e. The van der Waals surface area contributed by atoms with Crippen molar-refractivity contribution in [3.63, 3.8) is 0 Å². The first-order valence-corrected chi connectivity index (χ1v) is 7.74.